The highest BCUT2D eigenvalue weighted by molar-refractivity contribution is 5.92. The van der Waals surface area contributed by atoms with Crippen molar-refractivity contribution in [1.82, 2.24) is 25.2 Å². The molecule has 0 spiro atoms. The molecule has 0 bridgehead atoms. The fourth-order valence-corrected chi connectivity index (χ4v) is 4.52. The van der Waals surface area contributed by atoms with Crippen LogP contribution in [0.5, 0.6) is 11.5 Å². The maximum absolute atomic E-state index is 14.6. The lowest BCUT2D eigenvalue weighted by molar-refractivity contribution is 0.0957. The topological polar surface area (TPSA) is 127 Å². The molecule has 198 valence electrons. The molecule has 0 atom stereocenters. The van der Waals surface area contributed by atoms with Crippen LogP contribution < -0.4 is 20.5 Å². The number of aryl methyl sites for hydroxylation is 1. The molecule has 1 aliphatic rings. The van der Waals surface area contributed by atoms with Crippen LogP contribution in [-0.2, 0) is 6.54 Å². The van der Waals surface area contributed by atoms with Gasteiger partial charge in [0.05, 0.1) is 22.8 Å². The summed E-state index contributed by atoms with van der Waals surface area (Å²) < 4.78 is 20.8. The molecule has 1 saturated heterocycles. The summed E-state index contributed by atoms with van der Waals surface area (Å²) in [5, 5.41) is 11.5. The predicted octanol–water partition coefficient (Wildman–Crippen LogP) is 3.11. The Labute approximate surface area is 223 Å². The summed E-state index contributed by atoms with van der Waals surface area (Å²) >= 11 is 0. The standard InChI is InChI=1S/C28H26FN7O3/c1-17-27(37)34-22-13-19(14-24(25(22)32-17)39-20-5-3-18(15-30)4-6-20)16-35-9-11-36(12-10-35)23-8-7-21(28(38)31-2)33-26(23)29/h3-8,13-14H,9-12,16H2,1-2H3,(H,31,38)(H,34,37). The SMILES string of the molecule is CNC(=O)c1ccc(N2CCN(Cc3cc(Oc4ccc(C#N)cc4)c4nc(C)c(=O)[nH]c4c3)CC2)c(F)n1. The summed E-state index contributed by atoms with van der Waals surface area (Å²) in [4.78, 5) is 39.3. The van der Waals surface area contributed by atoms with E-state index >= 15 is 0 Å². The van der Waals surface area contributed by atoms with Gasteiger partial charge in [-0.25, -0.2) is 9.97 Å². The summed E-state index contributed by atoms with van der Waals surface area (Å²) in [5.41, 5.74) is 3.01. The molecule has 0 radical (unpaired) electrons. The van der Waals surface area contributed by atoms with E-state index < -0.39 is 11.9 Å². The Bertz CT molecular complexity index is 1640. The van der Waals surface area contributed by atoms with Crippen LogP contribution in [0.4, 0.5) is 10.1 Å². The first-order valence-electron chi connectivity index (χ1n) is 12.4. The molecule has 0 unspecified atom stereocenters. The second-order valence-electron chi connectivity index (χ2n) is 9.23. The quantitative estimate of drug-likeness (QED) is 0.366. The number of fused-ring (bicyclic) bond motifs is 1. The van der Waals surface area contributed by atoms with Crippen LogP contribution in [-0.4, -0.2) is 59.0 Å². The van der Waals surface area contributed by atoms with Crippen molar-refractivity contribution in [2.45, 2.75) is 13.5 Å². The van der Waals surface area contributed by atoms with E-state index in [1.165, 1.54) is 13.1 Å². The van der Waals surface area contributed by atoms with Crippen molar-refractivity contribution in [3.63, 3.8) is 0 Å². The maximum Gasteiger partial charge on any atom is 0.269 e. The Morgan fingerprint density at radius 1 is 1.13 bits per heavy atom. The number of hydrogen-bond donors (Lipinski definition) is 2. The summed E-state index contributed by atoms with van der Waals surface area (Å²) in [5.74, 6) is -0.0651. The summed E-state index contributed by atoms with van der Waals surface area (Å²) in [6.45, 7) is 4.73. The van der Waals surface area contributed by atoms with Gasteiger partial charge in [-0.2, -0.15) is 9.65 Å². The molecule has 0 aliphatic carbocycles. The third kappa shape index (κ3) is 5.56. The van der Waals surface area contributed by atoms with Gasteiger partial charge < -0.3 is 19.9 Å². The van der Waals surface area contributed by atoms with Crippen LogP contribution in [0.1, 0.15) is 27.3 Å². The molecule has 1 aliphatic heterocycles. The van der Waals surface area contributed by atoms with Crippen molar-refractivity contribution in [3.8, 4) is 17.6 Å². The average Bonchev–Trinajstić information content (AvgIpc) is 2.94. The number of amides is 1. The summed E-state index contributed by atoms with van der Waals surface area (Å²) in [7, 11) is 1.47. The number of pyridine rings is 1. The molecular formula is C28H26FN7O3. The zero-order valence-corrected chi connectivity index (χ0v) is 21.5. The molecule has 10 nitrogen and oxygen atoms in total. The zero-order chi connectivity index (χ0) is 27.5. The highest BCUT2D eigenvalue weighted by atomic mass is 19.1. The van der Waals surface area contributed by atoms with E-state index in [1.54, 1.807) is 37.3 Å². The highest BCUT2D eigenvalue weighted by Gasteiger charge is 2.22. The zero-order valence-electron chi connectivity index (χ0n) is 21.5. The number of hydrogen-bond acceptors (Lipinski definition) is 8. The van der Waals surface area contributed by atoms with E-state index in [1.807, 2.05) is 17.0 Å². The third-order valence-electron chi connectivity index (χ3n) is 6.61. The Hall–Kier alpha value is -4.82. The highest BCUT2D eigenvalue weighted by Crippen LogP contribution is 2.30. The number of nitriles is 1. The Morgan fingerprint density at radius 3 is 2.54 bits per heavy atom. The number of H-pyrrole nitrogens is 1. The molecule has 3 heterocycles. The minimum atomic E-state index is -0.671. The number of anilines is 1. The lowest BCUT2D eigenvalue weighted by Crippen LogP contribution is -2.46. The van der Waals surface area contributed by atoms with Gasteiger partial charge in [-0.15, -0.1) is 0 Å². The molecule has 1 fully saturated rings. The number of nitrogens with zero attached hydrogens (tertiary/aromatic N) is 5. The normalized spacial score (nSPS) is 13.7. The number of carbonyl (C=O) groups is 1. The monoisotopic (exact) mass is 527 g/mol. The number of halogens is 1. The van der Waals surface area contributed by atoms with Gasteiger partial charge in [0.2, 0.25) is 5.95 Å². The number of carbonyl (C=O) groups excluding carboxylic acids is 1. The Morgan fingerprint density at radius 2 is 1.87 bits per heavy atom. The second kappa shape index (κ2) is 10.9. The molecule has 0 saturated carbocycles. The fraction of sp³-hybridized carbons (Fsp3) is 0.250. The summed E-state index contributed by atoms with van der Waals surface area (Å²) in [6, 6.07) is 15.8. The van der Waals surface area contributed by atoms with E-state index in [9.17, 15) is 14.0 Å². The van der Waals surface area contributed by atoms with E-state index in [0.717, 1.165) is 5.56 Å². The van der Waals surface area contributed by atoms with E-state index in [4.69, 9.17) is 10.00 Å². The van der Waals surface area contributed by atoms with Gasteiger partial charge >= 0.3 is 0 Å². The average molecular weight is 528 g/mol. The molecule has 2 aromatic heterocycles. The largest absolute Gasteiger partial charge is 0.455 e. The van der Waals surface area contributed by atoms with Gasteiger partial charge in [-0.05, 0) is 61.0 Å². The fourth-order valence-electron chi connectivity index (χ4n) is 4.52. The minimum Gasteiger partial charge on any atom is -0.455 e. The first-order valence-corrected chi connectivity index (χ1v) is 12.4. The molecule has 2 N–H and O–H groups in total. The van der Waals surface area contributed by atoms with Crippen LogP contribution >= 0.6 is 0 Å². The van der Waals surface area contributed by atoms with Crippen LogP contribution in [0.3, 0.4) is 0 Å². The number of ether oxygens (including phenoxy) is 1. The van der Waals surface area contributed by atoms with E-state index in [-0.39, 0.29) is 11.3 Å². The number of benzene rings is 2. The van der Waals surface area contributed by atoms with Crippen LogP contribution in [0, 0.1) is 24.2 Å². The van der Waals surface area contributed by atoms with Gasteiger partial charge in [0.1, 0.15) is 22.7 Å². The molecule has 5 rings (SSSR count). The number of aromatic nitrogens is 3. The first kappa shape index (κ1) is 25.8. The molecule has 1 amide bonds. The first-order chi connectivity index (χ1) is 18.8. The molecular weight excluding hydrogens is 501 g/mol. The van der Waals surface area contributed by atoms with Gasteiger partial charge in [0.25, 0.3) is 11.5 Å². The van der Waals surface area contributed by atoms with Crippen molar-refractivity contribution < 1.29 is 13.9 Å². The molecule has 11 heteroatoms. The van der Waals surface area contributed by atoms with Crippen LogP contribution in [0.2, 0.25) is 0 Å². The molecule has 39 heavy (non-hydrogen) atoms. The number of aromatic amines is 1. The van der Waals surface area contributed by atoms with Crippen molar-refractivity contribution >= 4 is 22.6 Å². The van der Waals surface area contributed by atoms with Crippen LogP contribution in [0.25, 0.3) is 11.0 Å². The van der Waals surface area contributed by atoms with Crippen molar-refractivity contribution in [2.24, 2.45) is 0 Å². The molecule has 4 aromatic rings. The minimum absolute atomic E-state index is 0.0374. The van der Waals surface area contributed by atoms with Gasteiger partial charge in [-0.3, -0.25) is 14.5 Å². The van der Waals surface area contributed by atoms with Crippen molar-refractivity contribution in [3.05, 3.63) is 87.3 Å². The smallest absolute Gasteiger partial charge is 0.269 e. The van der Waals surface area contributed by atoms with Gasteiger partial charge in [0, 0.05) is 39.8 Å². The van der Waals surface area contributed by atoms with Gasteiger partial charge in [0.15, 0.2) is 5.75 Å². The predicted molar refractivity (Wildman–Crippen MR) is 143 cm³/mol. The van der Waals surface area contributed by atoms with E-state index in [2.05, 4.69) is 31.2 Å². The number of rotatable bonds is 6. The lowest BCUT2D eigenvalue weighted by Gasteiger charge is -2.36. The number of nitrogens with one attached hydrogen (secondary N) is 2. The van der Waals surface area contributed by atoms with E-state index in [0.29, 0.717) is 72.2 Å². The van der Waals surface area contributed by atoms with Crippen LogP contribution in [0.15, 0.2) is 53.3 Å². The summed E-state index contributed by atoms with van der Waals surface area (Å²) in [6.07, 6.45) is 0. The third-order valence-corrected chi connectivity index (χ3v) is 6.61. The van der Waals surface area contributed by atoms with Gasteiger partial charge in [-0.1, -0.05) is 0 Å². The lowest BCUT2D eigenvalue weighted by atomic mass is 10.1. The van der Waals surface area contributed by atoms with Crippen molar-refractivity contribution in [1.29, 1.82) is 5.26 Å². The number of piperazine rings is 1. The van der Waals surface area contributed by atoms with Crippen molar-refractivity contribution in [2.75, 3.05) is 38.1 Å². The maximum atomic E-state index is 14.6. The Balaban J connectivity index is 1.34. The Kier molecular flexibility index (Phi) is 7.21. The molecule has 2 aromatic carbocycles. The second-order valence-corrected chi connectivity index (χ2v) is 9.23.